The van der Waals surface area contributed by atoms with Crippen molar-refractivity contribution in [1.82, 2.24) is 9.55 Å². The van der Waals surface area contributed by atoms with Crippen molar-refractivity contribution in [2.24, 2.45) is 0 Å². The van der Waals surface area contributed by atoms with Crippen molar-refractivity contribution in [2.45, 2.75) is 20.4 Å². The smallest absolute Gasteiger partial charge is 0.266 e. The largest absolute Gasteiger partial charge is 0.321 e. The Hall–Kier alpha value is -2.77. The van der Waals surface area contributed by atoms with Crippen LogP contribution >= 0.6 is 22.7 Å². The van der Waals surface area contributed by atoms with Gasteiger partial charge in [-0.15, -0.1) is 22.7 Å². The van der Waals surface area contributed by atoms with Crippen molar-refractivity contribution in [3.8, 4) is 0 Å². The molecule has 4 aromatic rings. The second kappa shape index (κ2) is 7.09. The Kier molecular flexibility index (Phi) is 4.63. The molecule has 0 atom stereocenters. The molecule has 0 radical (unpaired) electrons. The summed E-state index contributed by atoms with van der Waals surface area (Å²) in [6.45, 7) is 4.24. The first-order chi connectivity index (χ1) is 13.0. The highest BCUT2D eigenvalue weighted by molar-refractivity contribution is 7.20. The highest BCUT2D eigenvalue weighted by atomic mass is 32.1. The number of carbonyl (C=O) groups excluding carboxylic acids is 1. The van der Waals surface area contributed by atoms with Gasteiger partial charge in [-0.3, -0.25) is 14.2 Å². The molecule has 1 aromatic carbocycles. The lowest BCUT2D eigenvalue weighted by atomic mass is 10.2. The molecule has 1 amide bonds. The number of aryl methyl sites for hydroxylation is 2. The third kappa shape index (κ3) is 3.31. The molecule has 5 nitrogen and oxygen atoms in total. The fraction of sp³-hybridized carbons (Fsp3) is 0.150. The van der Waals surface area contributed by atoms with E-state index in [9.17, 15) is 9.59 Å². The SMILES string of the molecule is Cc1ccccc1NC(=O)c1sc2ncn(Cc3cccs3)c(=O)c2c1C. The van der Waals surface area contributed by atoms with Crippen LogP contribution in [0.15, 0.2) is 52.9 Å². The molecule has 0 unspecified atom stereocenters. The number of hydrogen-bond acceptors (Lipinski definition) is 5. The Balaban J connectivity index is 1.71. The summed E-state index contributed by atoms with van der Waals surface area (Å²) in [4.78, 5) is 32.3. The van der Waals surface area contributed by atoms with Gasteiger partial charge in [0.15, 0.2) is 0 Å². The molecule has 3 heterocycles. The average Bonchev–Trinajstić information content (AvgIpc) is 3.27. The summed E-state index contributed by atoms with van der Waals surface area (Å²) >= 11 is 2.85. The van der Waals surface area contributed by atoms with Crippen LogP contribution in [0, 0.1) is 13.8 Å². The minimum Gasteiger partial charge on any atom is -0.321 e. The van der Waals surface area contributed by atoms with E-state index in [2.05, 4.69) is 10.3 Å². The van der Waals surface area contributed by atoms with E-state index in [1.54, 1.807) is 22.2 Å². The summed E-state index contributed by atoms with van der Waals surface area (Å²) in [6.07, 6.45) is 1.56. The Morgan fingerprint density at radius 3 is 2.74 bits per heavy atom. The van der Waals surface area contributed by atoms with Crippen LogP contribution in [0.2, 0.25) is 0 Å². The standard InChI is InChI=1S/C20H17N3O2S2/c1-12-6-3-4-8-15(12)22-18(24)17-13(2)16-19(27-17)21-11-23(20(16)25)10-14-7-5-9-26-14/h3-9,11H,10H2,1-2H3,(H,22,24). The number of nitrogens with zero attached hydrogens (tertiary/aromatic N) is 2. The van der Waals surface area contributed by atoms with E-state index in [1.807, 2.05) is 55.6 Å². The summed E-state index contributed by atoms with van der Waals surface area (Å²) in [6, 6.07) is 11.6. The predicted molar refractivity (Wildman–Crippen MR) is 111 cm³/mol. The highest BCUT2D eigenvalue weighted by Gasteiger charge is 2.20. The fourth-order valence-electron chi connectivity index (χ4n) is 2.95. The van der Waals surface area contributed by atoms with E-state index in [0.717, 1.165) is 16.1 Å². The van der Waals surface area contributed by atoms with Gasteiger partial charge in [-0.05, 0) is 42.5 Å². The first kappa shape index (κ1) is 17.6. The molecule has 0 saturated heterocycles. The average molecular weight is 396 g/mol. The lowest BCUT2D eigenvalue weighted by Gasteiger charge is -2.07. The monoisotopic (exact) mass is 395 g/mol. The molecule has 27 heavy (non-hydrogen) atoms. The number of carbonyl (C=O) groups is 1. The van der Waals surface area contributed by atoms with Crippen LogP contribution in [0.4, 0.5) is 5.69 Å². The van der Waals surface area contributed by atoms with Crippen molar-refractivity contribution in [3.63, 3.8) is 0 Å². The van der Waals surface area contributed by atoms with Gasteiger partial charge >= 0.3 is 0 Å². The molecule has 0 aliphatic heterocycles. The van der Waals surface area contributed by atoms with Crippen molar-refractivity contribution >= 4 is 44.5 Å². The van der Waals surface area contributed by atoms with Crippen LogP contribution < -0.4 is 10.9 Å². The van der Waals surface area contributed by atoms with E-state index in [-0.39, 0.29) is 11.5 Å². The number of nitrogens with one attached hydrogen (secondary N) is 1. The third-order valence-corrected chi connectivity index (χ3v) is 6.48. The van der Waals surface area contributed by atoms with Gasteiger partial charge in [0.25, 0.3) is 11.5 Å². The molecule has 0 bridgehead atoms. The van der Waals surface area contributed by atoms with Gasteiger partial charge in [0.2, 0.25) is 0 Å². The maximum atomic E-state index is 12.9. The van der Waals surface area contributed by atoms with E-state index in [4.69, 9.17) is 0 Å². The normalized spacial score (nSPS) is 11.0. The zero-order valence-corrected chi connectivity index (χ0v) is 16.5. The fourth-order valence-corrected chi connectivity index (χ4v) is 4.69. The molecule has 1 N–H and O–H groups in total. The van der Waals surface area contributed by atoms with Crippen LogP contribution in [0.5, 0.6) is 0 Å². The first-order valence-corrected chi connectivity index (χ1v) is 10.1. The Bertz CT molecular complexity index is 1190. The molecular weight excluding hydrogens is 378 g/mol. The number of thiophene rings is 2. The van der Waals surface area contributed by atoms with Gasteiger partial charge in [-0.2, -0.15) is 0 Å². The molecule has 0 spiro atoms. The number of para-hydroxylation sites is 1. The van der Waals surface area contributed by atoms with Gasteiger partial charge in [0.1, 0.15) is 4.83 Å². The van der Waals surface area contributed by atoms with Crippen LogP contribution in [0.3, 0.4) is 0 Å². The van der Waals surface area contributed by atoms with Crippen molar-refractivity contribution in [1.29, 1.82) is 0 Å². The second-order valence-electron chi connectivity index (χ2n) is 6.26. The third-order valence-electron chi connectivity index (χ3n) is 4.42. The molecule has 0 aliphatic carbocycles. The minimum atomic E-state index is -0.214. The maximum Gasteiger partial charge on any atom is 0.266 e. The zero-order chi connectivity index (χ0) is 19.0. The molecule has 136 valence electrons. The first-order valence-electron chi connectivity index (χ1n) is 8.42. The van der Waals surface area contributed by atoms with Crippen molar-refractivity contribution in [2.75, 3.05) is 5.32 Å². The molecule has 0 aliphatic rings. The topological polar surface area (TPSA) is 64.0 Å². The molecule has 0 fully saturated rings. The number of benzene rings is 1. The molecule has 0 saturated carbocycles. The molecular formula is C20H17N3O2S2. The van der Waals surface area contributed by atoms with Gasteiger partial charge in [-0.25, -0.2) is 4.98 Å². The van der Waals surface area contributed by atoms with E-state index >= 15 is 0 Å². The predicted octanol–water partition coefficient (Wildman–Crippen LogP) is 4.44. The molecule has 3 aromatic heterocycles. The Labute approximate surface area is 163 Å². The van der Waals surface area contributed by atoms with Gasteiger partial charge in [0.05, 0.1) is 23.1 Å². The number of fused-ring (bicyclic) bond motifs is 1. The number of aromatic nitrogens is 2. The number of anilines is 1. The lowest BCUT2D eigenvalue weighted by molar-refractivity contribution is 0.103. The minimum absolute atomic E-state index is 0.114. The number of rotatable bonds is 4. The highest BCUT2D eigenvalue weighted by Crippen LogP contribution is 2.28. The summed E-state index contributed by atoms with van der Waals surface area (Å²) in [5.41, 5.74) is 2.32. The van der Waals surface area contributed by atoms with E-state index < -0.39 is 0 Å². The number of hydrogen-bond donors (Lipinski definition) is 1. The van der Waals surface area contributed by atoms with Crippen molar-refractivity contribution < 1.29 is 4.79 Å². The lowest BCUT2D eigenvalue weighted by Crippen LogP contribution is -2.21. The Morgan fingerprint density at radius 1 is 1.19 bits per heavy atom. The van der Waals surface area contributed by atoms with Gasteiger partial charge < -0.3 is 5.32 Å². The van der Waals surface area contributed by atoms with Gasteiger partial charge in [-0.1, -0.05) is 24.3 Å². The Morgan fingerprint density at radius 2 is 2.00 bits per heavy atom. The van der Waals surface area contributed by atoms with Crippen LogP contribution in [0.1, 0.15) is 25.7 Å². The van der Waals surface area contributed by atoms with E-state index in [0.29, 0.717) is 27.2 Å². The van der Waals surface area contributed by atoms with Crippen LogP contribution in [-0.2, 0) is 6.54 Å². The maximum absolute atomic E-state index is 12.9. The molecule has 4 rings (SSSR count). The zero-order valence-electron chi connectivity index (χ0n) is 14.9. The van der Waals surface area contributed by atoms with Gasteiger partial charge in [0, 0.05) is 10.6 Å². The molecule has 7 heteroatoms. The van der Waals surface area contributed by atoms with Crippen LogP contribution in [-0.4, -0.2) is 15.5 Å². The second-order valence-corrected chi connectivity index (χ2v) is 8.29. The van der Waals surface area contributed by atoms with Crippen molar-refractivity contribution in [3.05, 3.63) is 79.3 Å². The van der Waals surface area contributed by atoms with Crippen LogP contribution in [0.25, 0.3) is 10.2 Å². The summed E-state index contributed by atoms with van der Waals surface area (Å²) < 4.78 is 1.59. The summed E-state index contributed by atoms with van der Waals surface area (Å²) in [5, 5.41) is 5.44. The quantitative estimate of drug-likeness (QED) is 0.556. The number of amides is 1. The summed E-state index contributed by atoms with van der Waals surface area (Å²) in [7, 11) is 0. The van der Waals surface area contributed by atoms with E-state index in [1.165, 1.54) is 11.3 Å². The summed E-state index contributed by atoms with van der Waals surface area (Å²) in [5.74, 6) is -0.214.